The molecule has 0 bridgehead atoms. The van der Waals surface area contributed by atoms with Gasteiger partial charge in [-0.15, -0.1) is 0 Å². The number of benzene rings is 1. The summed E-state index contributed by atoms with van der Waals surface area (Å²) in [5.41, 5.74) is 2.48. The van der Waals surface area contributed by atoms with Gasteiger partial charge >= 0.3 is 0 Å². The Labute approximate surface area is 119 Å². The van der Waals surface area contributed by atoms with Crippen LogP contribution in [0.5, 0.6) is 11.5 Å². The largest absolute Gasteiger partial charge is 0.496 e. The smallest absolute Gasteiger partial charge is 0.137 e. The highest BCUT2D eigenvalue weighted by Crippen LogP contribution is 2.31. The fourth-order valence-electron chi connectivity index (χ4n) is 2.05. The highest BCUT2D eigenvalue weighted by atomic mass is 16.5. The first-order valence-electron chi connectivity index (χ1n) is 6.56. The molecule has 1 heterocycles. The van der Waals surface area contributed by atoms with Gasteiger partial charge in [0.1, 0.15) is 17.6 Å². The van der Waals surface area contributed by atoms with Crippen molar-refractivity contribution in [2.24, 2.45) is 0 Å². The Morgan fingerprint density at radius 2 is 2.05 bits per heavy atom. The van der Waals surface area contributed by atoms with Gasteiger partial charge in [0.2, 0.25) is 0 Å². The second-order valence-corrected chi connectivity index (χ2v) is 4.53. The van der Waals surface area contributed by atoms with Crippen molar-refractivity contribution in [1.82, 2.24) is 4.98 Å². The molecule has 0 fully saturated rings. The standard InChI is InChI=1S/C16H19NO3/c1-4-20-13-8-12(9-17-10-13)16(18)14-6-5-11(2)7-15(14)19-3/h5-10,16,18H,4H2,1-3H3. The Kier molecular flexibility index (Phi) is 4.58. The van der Waals surface area contributed by atoms with E-state index in [4.69, 9.17) is 9.47 Å². The number of aliphatic hydroxyl groups is 1. The Morgan fingerprint density at radius 1 is 1.25 bits per heavy atom. The van der Waals surface area contributed by atoms with Crippen molar-refractivity contribution >= 4 is 0 Å². The van der Waals surface area contributed by atoms with Crippen molar-refractivity contribution in [3.63, 3.8) is 0 Å². The molecule has 0 radical (unpaired) electrons. The van der Waals surface area contributed by atoms with Crippen molar-refractivity contribution in [3.8, 4) is 11.5 Å². The molecular formula is C16H19NO3. The van der Waals surface area contributed by atoms with Gasteiger partial charge in [-0.3, -0.25) is 4.98 Å². The average molecular weight is 273 g/mol. The van der Waals surface area contributed by atoms with E-state index < -0.39 is 6.10 Å². The van der Waals surface area contributed by atoms with E-state index in [-0.39, 0.29) is 0 Å². The lowest BCUT2D eigenvalue weighted by atomic mass is 10.0. The minimum atomic E-state index is -0.793. The number of aliphatic hydroxyl groups excluding tert-OH is 1. The summed E-state index contributed by atoms with van der Waals surface area (Å²) in [5, 5.41) is 10.5. The van der Waals surface area contributed by atoms with Crippen LogP contribution in [0.25, 0.3) is 0 Å². The molecule has 106 valence electrons. The topological polar surface area (TPSA) is 51.6 Å². The Balaban J connectivity index is 2.35. The van der Waals surface area contributed by atoms with Gasteiger partial charge in [0.15, 0.2) is 0 Å². The molecule has 2 aromatic rings. The van der Waals surface area contributed by atoms with Gasteiger partial charge in [-0.2, -0.15) is 0 Å². The predicted molar refractivity (Wildman–Crippen MR) is 77.2 cm³/mol. The monoisotopic (exact) mass is 273 g/mol. The predicted octanol–water partition coefficient (Wildman–Crippen LogP) is 2.88. The van der Waals surface area contributed by atoms with E-state index in [0.717, 1.165) is 5.56 Å². The highest BCUT2D eigenvalue weighted by Gasteiger charge is 2.16. The molecule has 0 spiro atoms. The molecule has 0 aliphatic heterocycles. The van der Waals surface area contributed by atoms with E-state index in [2.05, 4.69) is 4.98 Å². The Bertz CT molecular complexity index is 584. The molecule has 0 aliphatic rings. The van der Waals surface area contributed by atoms with Gasteiger partial charge in [-0.1, -0.05) is 12.1 Å². The number of hydrogen-bond donors (Lipinski definition) is 1. The van der Waals surface area contributed by atoms with Crippen LogP contribution in [-0.4, -0.2) is 23.8 Å². The molecular weight excluding hydrogens is 254 g/mol. The fourth-order valence-corrected chi connectivity index (χ4v) is 2.05. The molecule has 4 nitrogen and oxygen atoms in total. The highest BCUT2D eigenvalue weighted by molar-refractivity contribution is 5.43. The summed E-state index contributed by atoms with van der Waals surface area (Å²) in [6.45, 7) is 4.46. The minimum Gasteiger partial charge on any atom is -0.496 e. The molecule has 4 heteroatoms. The van der Waals surface area contributed by atoms with E-state index in [0.29, 0.717) is 29.2 Å². The van der Waals surface area contributed by atoms with Crippen LogP contribution in [0.3, 0.4) is 0 Å². The summed E-state index contributed by atoms with van der Waals surface area (Å²) in [6.07, 6.45) is 2.47. The van der Waals surface area contributed by atoms with Crippen LogP contribution in [-0.2, 0) is 0 Å². The molecule has 1 unspecified atom stereocenters. The summed E-state index contributed by atoms with van der Waals surface area (Å²) >= 11 is 0. The number of hydrogen-bond acceptors (Lipinski definition) is 4. The number of aromatic nitrogens is 1. The number of nitrogens with zero attached hydrogens (tertiary/aromatic N) is 1. The zero-order valence-electron chi connectivity index (χ0n) is 12.0. The van der Waals surface area contributed by atoms with E-state index in [9.17, 15) is 5.11 Å². The van der Waals surface area contributed by atoms with Crippen LogP contribution < -0.4 is 9.47 Å². The number of aryl methyl sites for hydroxylation is 1. The van der Waals surface area contributed by atoms with E-state index in [1.165, 1.54) is 0 Å². The first kappa shape index (κ1) is 14.3. The number of rotatable bonds is 5. The number of ether oxygens (including phenoxy) is 2. The number of pyridine rings is 1. The molecule has 0 aliphatic carbocycles. The van der Waals surface area contributed by atoms with Crippen LogP contribution in [0, 0.1) is 6.92 Å². The molecule has 1 aromatic heterocycles. The molecule has 1 aromatic carbocycles. The lowest BCUT2D eigenvalue weighted by Gasteiger charge is -2.16. The van der Waals surface area contributed by atoms with Gasteiger partial charge in [-0.25, -0.2) is 0 Å². The van der Waals surface area contributed by atoms with Crippen LogP contribution in [0.15, 0.2) is 36.7 Å². The normalized spacial score (nSPS) is 12.0. The summed E-state index contributed by atoms with van der Waals surface area (Å²) in [4.78, 5) is 4.10. The second-order valence-electron chi connectivity index (χ2n) is 4.53. The van der Waals surface area contributed by atoms with Gasteiger partial charge in [0, 0.05) is 17.3 Å². The third kappa shape index (κ3) is 3.08. The number of methoxy groups -OCH3 is 1. The van der Waals surface area contributed by atoms with Gasteiger partial charge in [0.05, 0.1) is 19.9 Å². The summed E-state index contributed by atoms with van der Waals surface area (Å²) < 4.78 is 10.7. The van der Waals surface area contributed by atoms with Crippen molar-refractivity contribution < 1.29 is 14.6 Å². The van der Waals surface area contributed by atoms with E-state index >= 15 is 0 Å². The lowest BCUT2D eigenvalue weighted by molar-refractivity contribution is 0.213. The van der Waals surface area contributed by atoms with E-state index in [1.54, 1.807) is 25.6 Å². The quantitative estimate of drug-likeness (QED) is 0.910. The zero-order chi connectivity index (χ0) is 14.5. The van der Waals surface area contributed by atoms with Crippen molar-refractivity contribution in [2.75, 3.05) is 13.7 Å². The first-order valence-corrected chi connectivity index (χ1v) is 6.56. The van der Waals surface area contributed by atoms with Gasteiger partial charge in [-0.05, 0) is 31.5 Å². The van der Waals surface area contributed by atoms with Crippen molar-refractivity contribution in [2.45, 2.75) is 20.0 Å². The molecule has 0 saturated carbocycles. The molecule has 20 heavy (non-hydrogen) atoms. The van der Waals surface area contributed by atoms with Crippen molar-refractivity contribution in [1.29, 1.82) is 0 Å². The third-order valence-corrected chi connectivity index (χ3v) is 3.04. The molecule has 1 atom stereocenters. The van der Waals surface area contributed by atoms with Crippen LogP contribution in [0.1, 0.15) is 29.7 Å². The molecule has 2 rings (SSSR count). The Morgan fingerprint density at radius 3 is 2.75 bits per heavy atom. The van der Waals surface area contributed by atoms with Gasteiger partial charge in [0.25, 0.3) is 0 Å². The first-order chi connectivity index (χ1) is 9.65. The Hall–Kier alpha value is -2.07. The second kappa shape index (κ2) is 6.39. The summed E-state index contributed by atoms with van der Waals surface area (Å²) in [5.74, 6) is 1.31. The molecule has 0 saturated heterocycles. The van der Waals surface area contributed by atoms with Crippen LogP contribution >= 0.6 is 0 Å². The molecule has 0 amide bonds. The SMILES string of the molecule is CCOc1cncc(C(O)c2ccc(C)cc2OC)c1. The van der Waals surface area contributed by atoms with Gasteiger partial charge < -0.3 is 14.6 Å². The fraction of sp³-hybridized carbons (Fsp3) is 0.312. The maximum absolute atomic E-state index is 10.5. The van der Waals surface area contributed by atoms with Crippen LogP contribution in [0.4, 0.5) is 0 Å². The third-order valence-electron chi connectivity index (χ3n) is 3.04. The average Bonchev–Trinajstić information content (AvgIpc) is 2.47. The summed E-state index contributed by atoms with van der Waals surface area (Å²) in [6, 6.07) is 7.51. The zero-order valence-corrected chi connectivity index (χ0v) is 12.0. The van der Waals surface area contributed by atoms with E-state index in [1.807, 2.05) is 32.0 Å². The summed E-state index contributed by atoms with van der Waals surface area (Å²) in [7, 11) is 1.60. The minimum absolute atomic E-state index is 0.565. The maximum Gasteiger partial charge on any atom is 0.137 e. The van der Waals surface area contributed by atoms with Crippen LogP contribution in [0.2, 0.25) is 0 Å². The lowest BCUT2D eigenvalue weighted by Crippen LogP contribution is -2.04. The maximum atomic E-state index is 10.5. The molecule has 1 N–H and O–H groups in total. The van der Waals surface area contributed by atoms with Crippen molar-refractivity contribution in [3.05, 3.63) is 53.3 Å².